The lowest BCUT2D eigenvalue weighted by Gasteiger charge is -1.77. The molecule has 0 saturated carbocycles. The number of hydrogen-bond acceptors (Lipinski definition) is 0. The molecule has 0 bridgehead atoms. The van der Waals surface area contributed by atoms with Crippen molar-refractivity contribution in [1.29, 1.82) is 0 Å². The van der Waals surface area contributed by atoms with Gasteiger partial charge in [-0.15, -0.1) is 0 Å². The molecule has 0 nitrogen and oxygen atoms in total. The molecule has 0 aliphatic carbocycles. The molecule has 0 aliphatic rings. The molecule has 0 spiro atoms. The second-order valence-corrected chi connectivity index (χ2v) is 3.95. The van der Waals surface area contributed by atoms with Crippen LogP contribution < -0.4 is 0 Å². The van der Waals surface area contributed by atoms with Crippen LogP contribution >= 0.6 is 18.1 Å². The van der Waals surface area contributed by atoms with Crippen LogP contribution in [0.3, 0.4) is 0 Å². The van der Waals surface area contributed by atoms with Gasteiger partial charge in [0.05, 0.1) is 0 Å². The molecule has 0 fully saturated rings. The summed E-state index contributed by atoms with van der Waals surface area (Å²) in [5.41, 5.74) is 0. The third kappa shape index (κ3) is 6.61. The average Bonchev–Trinajstić information content (AvgIpc) is 1.91. The molecule has 0 aliphatic heterocycles. The number of halogens is 3. The molecule has 0 N–H and O–H groups in total. The highest BCUT2D eigenvalue weighted by atomic mass is 35.6. The zero-order valence-electron chi connectivity index (χ0n) is 5.15. The highest BCUT2D eigenvalue weighted by Crippen LogP contribution is 1.91. The lowest BCUT2D eigenvalue weighted by atomic mass is 10.4. The molecule has 0 saturated heterocycles. The van der Waals surface area contributed by atoms with Crippen LogP contribution in [-0.4, -0.2) is 18.2 Å². The van der Waals surface area contributed by atoms with E-state index in [1.54, 1.807) is 12.1 Å². The maximum atomic E-state index is 11.9. The van der Waals surface area contributed by atoms with Crippen molar-refractivity contribution in [3.63, 3.8) is 0 Å². The van der Waals surface area contributed by atoms with Gasteiger partial charge in [0, 0.05) is 0 Å². The largest absolute Gasteiger partial charge is 0.618 e. The smallest absolute Gasteiger partial charge is 0.309 e. The van der Waals surface area contributed by atoms with Gasteiger partial charge in [-0.2, -0.15) is 0 Å². The van der Waals surface area contributed by atoms with Crippen molar-refractivity contribution >= 4 is 36.3 Å². The molecule has 0 amide bonds. The van der Waals surface area contributed by atoms with E-state index < -0.39 is 18.2 Å². The van der Waals surface area contributed by atoms with Crippen LogP contribution in [0.25, 0.3) is 0 Å². The fourth-order valence-electron chi connectivity index (χ4n) is 0.371. The molecular formula is C6H4Cl2FMg. The zero-order valence-corrected chi connectivity index (χ0v) is 8.08. The van der Waals surface area contributed by atoms with Gasteiger partial charge in [0.25, 0.3) is 0 Å². The molecule has 0 atom stereocenters. The van der Waals surface area contributed by atoms with Crippen LogP contribution in [-0.2, 0) is 0 Å². The quantitative estimate of drug-likeness (QED) is 0.552. The van der Waals surface area contributed by atoms with Gasteiger partial charge in [-0.1, -0.05) is 12.1 Å². The second-order valence-electron chi connectivity index (χ2n) is 1.32. The average molecular weight is 190 g/mol. The summed E-state index contributed by atoms with van der Waals surface area (Å²) in [5, 5.41) is 0. The summed E-state index contributed by atoms with van der Waals surface area (Å²) in [6.45, 7) is 0. The third-order valence-corrected chi connectivity index (χ3v) is 0.669. The first-order valence-electron chi connectivity index (χ1n) is 2.54. The van der Waals surface area contributed by atoms with Crippen molar-refractivity contribution in [2.24, 2.45) is 0 Å². The topological polar surface area (TPSA) is 0 Å². The fraction of sp³-hybridized carbons (Fsp3) is 0. The van der Waals surface area contributed by atoms with Gasteiger partial charge in [0.2, 0.25) is 0 Å². The molecule has 0 aromatic heterocycles. The Labute approximate surface area is 76.6 Å². The monoisotopic (exact) mass is 189 g/mol. The van der Waals surface area contributed by atoms with Crippen LogP contribution in [0.15, 0.2) is 24.3 Å². The van der Waals surface area contributed by atoms with Crippen molar-refractivity contribution in [2.75, 3.05) is 0 Å². The first-order chi connectivity index (χ1) is 4.81. The molecular weight excluding hydrogens is 186 g/mol. The lowest BCUT2D eigenvalue weighted by molar-refractivity contribution is 0.627. The third-order valence-electron chi connectivity index (χ3n) is 0.669. The minimum Gasteiger partial charge on any atom is -0.309 e. The molecule has 0 heterocycles. The Hall–Kier alpha value is 0.496. The van der Waals surface area contributed by atoms with E-state index >= 15 is 0 Å². The van der Waals surface area contributed by atoms with Gasteiger partial charge < -0.3 is 18.1 Å². The molecule has 4 heteroatoms. The van der Waals surface area contributed by atoms with Crippen LogP contribution in [0.5, 0.6) is 0 Å². The molecule has 1 rings (SSSR count). The van der Waals surface area contributed by atoms with E-state index in [1.165, 1.54) is 12.1 Å². The van der Waals surface area contributed by atoms with Gasteiger partial charge in [0.1, 0.15) is 5.82 Å². The van der Waals surface area contributed by atoms with E-state index in [2.05, 4.69) is 6.07 Å². The number of hydrogen-bond donors (Lipinski definition) is 0. The van der Waals surface area contributed by atoms with E-state index in [1.807, 2.05) is 0 Å². The molecule has 1 aromatic rings. The molecule has 51 valence electrons. The minimum atomic E-state index is -0.639. The van der Waals surface area contributed by atoms with Gasteiger partial charge in [0.15, 0.2) is 0 Å². The zero-order chi connectivity index (χ0) is 7.82. The van der Waals surface area contributed by atoms with Gasteiger partial charge >= 0.3 is 18.2 Å². The summed E-state index contributed by atoms with van der Waals surface area (Å²) in [4.78, 5) is 0. The maximum Gasteiger partial charge on any atom is 0.618 e. The maximum absolute atomic E-state index is 11.9. The Balaban J connectivity index is 0.000000236. The predicted molar refractivity (Wildman–Crippen MR) is 42.7 cm³/mol. The Morgan fingerprint density at radius 3 is 2.30 bits per heavy atom. The first-order valence-corrected chi connectivity index (χ1v) is 6.82. The standard InChI is InChI=1S/C6H4F.2ClH.Mg/c7-6-4-2-1-3-5-6;;;/h1-2,4-5H;2*1H;/q;;;+2/p-2. The first kappa shape index (κ1) is 10.5. The fourth-order valence-corrected chi connectivity index (χ4v) is 0.371. The van der Waals surface area contributed by atoms with E-state index in [4.69, 9.17) is 18.1 Å². The van der Waals surface area contributed by atoms with Gasteiger partial charge in [-0.3, -0.25) is 0 Å². The summed E-state index contributed by atoms with van der Waals surface area (Å²) in [6.07, 6.45) is 0. The highest BCUT2D eigenvalue weighted by Gasteiger charge is 1.77. The molecule has 1 radical (unpaired) electrons. The van der Waals surface area contributed by atoms with Crippen molar-refractivity contribution in [3.05, 3.63) is 36.1 Å². The Kier molecular flexibility index (Phi) is 7.98. The number of benzene rings is 1. The van der Waals surface area contributed by atoms with Crippen molar-refractivity contribution < 1.29 is 4.39 Å². The number of rotatable bonds is 0. The summed E-state index contributed by atoms with van der Waals surface area (Å²) >= 11 is -0.639. The molecule has 10 heavy (non-hydrogen) atoms. The van der Waals surface area contributed by atoms with E-state index in [0.717, 1.165) is 0 Å². The SMILES string of the molecule is Fc1c[c]ccc1.[Cl][Mg][Cl]. The Morgan fingerprint density at radius 2 is 2.10 bits per heavy atom. The van der Waals surface area contributed by atoms with Crippen molar-refractivity contribution in [3.8, 4) is 0 Å². The van der Waals surface area contributed by atoms with Crippen molar-refractivity contribution in [1.82, 2.24) is 0 Å². The minimum absolute atomic E-state index is 0.234. The van der Waals surface area contributed by atoms with Gasteiger partial charge in [-0.05, 0) is 18.2 Å². The normalized spacial score (nSPS) is 7.10. The van der Waals surface area contributed by atoms with Crippen LogP contribution in [0.2, 0.25) is 0 Å². The van der Waals surface area contributed by atoms with Crippen LogP contribution in [0, 0.1) is 11.9 Å². The highest BCUT2D eigenvalue weighted by molar-refractivity contribution is 7.22. The van der Waals surface area contributed by atoms with Crippen LogP contribution in [0.1, 0.15) is 0 Å². The molecule has 1 aromatic carbocycles. The summed E-state index contributed by atoms with van der Waals surface area (Å²) < 4.78 is 11.9. The Bertz CT molecular complexity index is 157. The van der Waals surface area contributed by atoms with E-state index in [-0.39, 0.29) is 5.82 Å². The van der Waals surface area contributed by atoms with E-state index in [9.17, 15) is 4.39 Å². The summed E-state index contributed by atoms with van der Waals surface area (Å²) in [7, 11) is 9.81. The predicted octanol–water partition coefficient (Wildman–Crippen LogP) is 2.62. The Morgan fingerprint density at radius 1 is 1.50 bits per heavy atom. The second kappa shape index (κ2) is 7.60. The van der Waals surface area contributed by atoms with E-state index in [0.29, 0.717) is 0 Å². The summed E-state index contributed by atoms with van der Waals surface area (Å²) in [6, 6.07) is 8.53. The summed E-state index contributed by atoms with van der Waals surface area (Å²) in [5.74, 6) is -0.234. The van der Waals surface area contributed by atoms with Gasteiger partial charge in [-0.25, -0.2) is 4.39 Å². The lowest BCUT2D eigenvalue weighted by Crippen LogP contribution is -1.64. The van der Waals surface area contributed by atoms with Crippen LogP contribution in [0.4, 0.5) is 4.39 Å². The van der Waals surface area contributed by atoms with Crippen molar-refractivity contribution in [2.45, 2.75) is 0 Å². The molecule has 0 unspecified atom stereocenters.